The van der Waals surface area contributed by atoms with E-state index in [0.717, 1.165) is 24.3 Å². The molecule has 4 heteroatoms. The molecule has 2 aromatic rings. The van der Waals surface area contributed by atoms with Gasteiger partial charge in [0, 0.05) is 12.2 Å². The Morgan fingerprint density at radius 3 is 2.80 bits per heavy atom. The van der Waals surface area contributed by atoms with E-state index in [2.05, 4.69) is 17.0 Å². The molecule has 0 spiro atoms. The van der Waals surface area contributed by atoms with E-state index < -0.39 is 0 Å². The van der Waals surface area contributed by atoms with Gasteiger partial charge in [-0.05, 0) is 30.2 Å². The predicted molar refractivity (Wildman–Crippen MR) is 79.3 cm³/mol. The second-order valence-electron chi connectivity index (χ2n) is 4.77. The Labute approximate surface area is 117 Å². The summed E-state index contributed by atoms with van der Waals surface area (Å²) >= 11 is 0. The van der Waals surface area contributed by atoms with Gasteiger partial charge in [0.15, 0.2) is 0 Å². The molecule has 0 atom stereocenters. The number of hydrogen-bond acceptors (Lipinski definition) is 4. The third-order valence-corrected chi connectivity index (χ3v) is 3.63. The molecule has 1 aliphatic heterocycles. The minimum atomic E-state index is -0.364. The number of carbonyl (C=O) groups is 1. The minimum absolute atomic E-state index is 0.364. The zero-order valence-electron chi connectivity index (χ0n) is 11.3. The molecule has 1 heterocycles. The number of esters is 1. The van der Waals surface area contributed by atoms with E-state index in [1.165, 1.54) is 12.7 Å². The van der Waals surface area contributed by atoms with E-state index in [9.17, 15) is 4.79 Å². The topological polar surface area (TPSA) is 55.6 Å². The molecule has 0 unspecified atom stereocenters. The molecule has 0 radical (unpaired) electrons. The molecule has 3 rings (SSSR count). The van der Waals surface area contributed by atoms with Crippen molar-refractivity contribution < 1.29 is 9.53 Å². The molecule has 0 saturated carbocycles. The van der Waals surface area contributed by atoms with Gasteiger partial charge in [-0.2, -0.15) is 0 Å². The van der Waals surface area contributed by atoms with Crippen molar-refractivity contribution >= 4 is 23.0 Å². The fourth-order valence-electron chi connectivity index (χ4n) is 2.71. The number of rotatable bonds is 2. The number of hydrogen-bond donors (Lipinski definition) is 1. The van der Waals surface area contributed by atoms with Gasteiger partial charge in [-0.15, -0.1) is 0 Å². The standard InChI is InChI=1S/C16H16N2O2/c1-20-16(19)12-6-4-7-13(17)15(12)18-10-9-11-5-2-3-8-14(11)18/h2-8H,9-10,17H2,1H3. The highest BCUT2D eigenvalue weighted by molar-refractivity contribution is 6.00. The smallest absolute Gasteiger partial charge is 0.340 e. The lowest BCUT2D eigenvalue weighted by Gasteiger charge is -2.23. The molecule has 0 fully saturated rings. The van der Waals surface area contributed by atoms with Gasteiger partial charge < -0.3 is 15.4 Å². The van der Waals surface area contributed by atoms with Crippen molar-refractivity contribution in [2.75, 3.05) is 24.3 Å². The third-order valence-electron chi connectivity index (χ3n) is 3.63. The van der Waals surface area contributed by atoms with Gasteiger partial charge in [0.1, 0.15) is 0 Å². The Hall–Kier alpha value is -2.49. The van der Waals surface area contributed by atoms with Gasteiger partial charge in [0.2, 0.25) is 0 Å². The van der Waals surface area contributed by atoms with Crippen molar-refractivity contribution in [2.45, 2.75) is 6.42 Å². The van der Waals surface area contributed by atoms with E-state index in [1.807, 2.05) is 18.2 Å². The highest BCUT2D eigenvalue weighted by Gasteiger charge is 2.26. The van der Waals surface area contributed by atoms with Crippen molar-refractivity contribution in [2.24, 2.45) is 0 Å². The molecule has 2 aromatic carbocycles. The van der Waals surface area contributed by atoms with Gasteiger partial charge in [0.05, 0.1) is 24.0 Å². The minimum Gasteiger partial charge on any atom is -0.465 e. The second kappa shape index (κ2) is 4.89. The Kier molecular flexibility index (Phi) is 3.06. The van der Waals surface area contributed by atoms with Crippen LogP contribution in [0.25, 0.3) is 0 Å². The van der Waals surface area contributed by atoms with Gasteiger partial charge in [-0.25, -0.2) is 4.79 Å². The summed E-state index contributed by atoms with van der Waals surface area (Å²) in [5.41, 5.74) is 10.3. The molecule has 4 nitrogen and oxygen atoms in total. The molecule has 0 aromatic heterocycles. The lowest BCUT2D eigenvalue weighted by molar-refractivity contribution is 0.0601. The maximum atomic E-state index is 12.0. The van der Waals surface area contributed by atoms with Gasteiger partial charge in [0.25, 0.3) is 0 Å². The zero-order valence-corrected chi connectivity index (χ0v) is 11.3. The quantitative estimate of drug-likeness (QED) is 0.672. The number of ether oxygens (including phenoxy) is 1. The second-order valence-corrected chi connectivity index (χ2v) is 4.77. The van der Waals surface area contributed by atoms with E-state index >= 15 is 0 Å². The number of nitrogens with zero attached hydrogens (tertiary/aromatic N) is 1. The van der Waals surface area contributed by atoms with Gasteiger partial charge in [-0.3, -0.25) is 0 Å². The van der Waals surface area contributed by atoms with Gasteiger partial charge >= 0.3 is 5.97 Å². The average Bonchev–Trinajstić information content (AvgIpc) is 2.90. The highest BCUT2D eigenvalue weighted by atomic mass is 16.5. The molecular formula is C16H16N2O2. The zero-order chi connectivity index (χ0) is 14.1. The number of nitrogen functional groups attached to an aromatic ring is 1. The Balaban J connectivity index is 2.14. The van der Waals surface area contributed by atoms with E-state index in [4.69, 9.17) is 10.5 Å². The largest absolute Gasteiger partial charge is 0.465 e. The van der Waals surface area contributed by atoms with Crippen LogP contribution in [0.2, 0.25) is 0 Å². The van der Waals surface area contributed by atoms with Crippen molar-refractivity contribution in [3.05, 3.63) is 53.6 Å². The first kappa shape index (κ1) is 12.5. The normalized spacial score (nSPS) is 13.2. The molecule has 0 aliphatic carbocycles. The Morgan fingerprint density at radius 1 is 1.20 bits per heavy atom. The molecule has 0 bridgehead atoms. The van der Waals surface area contributed by atoms with Crippen LogP contribution < -0.4 is 10.6 Å². The average molecular weight is 268 g/mol. The first-order valence-electron chi connectivity index (χ1n) is 6.54. The third kappa shape index (κ3) is 1.90. The van der Waals surface area contributed by atoms with E-state index in [0.29, 0.717) is 11.3 Å². The summed E-state index contributed by atoms with van der Waals surface area (Å²) in [4.78, 5) is 14.0. The molecule has 20 heavy (non-hydrogen) atoms. The predicted octanol–water partition coefficient (Wildman–Crippen LogP) is 2.75. The van der Waals surface area contributed by atoms with Crippen LogP contribution in [-0.4, -0.2) is 19.6 Å². The van der Waals surface area contributed by atoms with Crippen molar-refractivity contribution in [3.8, 4) is 0 Å². The lowest BCUT2D eigenvalue weighted by atomic mass is 10.1. The highest BCUT2D eigenvalue weighted by Crippen LogP contribution is 2.39. The van der Waals surface area contributed by atoms with E-state index in [-0.39, 0.29) is 5.97 Å². The van der Waals surface area contributed by atoms with Crippen LogP contribution in [-0.2, 0) is 11.2 Å². The number of anilines is 3. The summed E-state index contributed by atoms with van der Waals surface area (Å²) < 4.78 is 4.86. The molecule has 0 amide bonds. The number of methoxy groups -OCH3 is 1. The summed E-state index contributed by atoms with van der Waals surface area (Å²) in [6, 6.07) is 13.5. The maximum Gasteiger partial charge on any atom is 0.340 e. The van der Waals surface area contributed by atoms with Gasteiger partial charge in [-0.1, -0.05) is 24.3 Å². The summed E-state index contributed by atoms with van der Waals surface area (Å²) in [6.45, 7) is 0.817. The molecular weight excluding hydrogens is 252 g/mol. The Bertz CT molecular complexity index is 667. The fraction of sp³-hybridized carbons (Fsp3) is 0.188. The monoisotopic (exact) mass is 268 g/mol. The summed E-state index contributed by atoms with van der Waals surface area (Å²) in [7, 11) is 1.38. The van der Waals surface area contributed by atoms with Crippen LogP contribution in [0.4, 0.5) is 17.1 Å². The SMILES string of the molecule is COC(=O)c1cccc(N)c1N1CCc2ccccc21. The number of carbonyl (C=O) groups excluding carboxylic acids is 1. The maximum absolute atomic E-state index is 12.0. The van der Waals surface area contributed by atoms with Crippen LogP contribution in [0.3, 0.4) is 0 Å². The van der Waals surface area contributed by atoms with Crippen molar-refractivity contribution in [3.63, 3.8) is 0 Å². The first-order valence-corrected chi connectivity index (χ1v) is 6.54. The number of nitrogens with two attached hydrogens (primary N) is 1. The Morgan fingerprint density at radius 2 is 2.00 bits per heavy atom. The van der Waals surface area contributed by atoms with Crippen molar-refractivity contribution in [1.82, 2.24) is 0 Å². The van der Waals surface area contributed by atoms with Crippen LogP contribution in [0.15, 0.2) is 42.5 Å². The number of para-hydroxylation sites is 2. The lowest BCUT2D eigenvalue weighted by Crippen LogP contribution is -2.19. The van der Waals surface area contributed by atoms with Crippen molar-refractivity contribution in [1.29, 1.82) is 0 Å². The summed E-state index contributed by atoms with van der Waals surface area (Å²) in [5.74, 6) is -0.364. The summed E-state index contributed by atoms with van der Waals surface area (Å²) in [6.07, 6.45) is 0.950. The molecule has 0 saturated heterocycles. The summed E-state index contributed by atoms with van der Waals surface area (Å²) in [5, 5.41) is 0. The fourth-order valence-corrected chi connectivity index (χ4v) is 2.71. The molecule has 102 valence electrons. The van der Waals surface area contributed by atoms with Crippen LogP contribution in [0.1, 0.15) is 15.9 Å². The molecule has 1 aliphatic rings. The number of benzene rings is 2. The van der Waals surface area contributed by atoms with Crippen LogP contribution in [0.5, 0.6) is 0 Å². The van der Waals surface area contributed by atoms with E-state index in [1.54, 1.807) is 12.1 Å². The van der Waals surface area contributed by atoms with Crippen LogP contribution >= 0.6 is 0 Å². The first-order chi connectivity index (χ1) is 9.72. The number of fused-ring (bicyclic) bond motifs is 1. The van der Waals surface area contributed by atoms with Crippen LogP contribution in [0, 0.1) is 0 Å². The molecule has 2 N–H and O–H groups in total.